The lowest BCUT2D eigenvalue weighted by molar-refractivity contribution is 0.0780. The number of hydrogen-bond donors (Lipinski definition) is 0. The van der Waals surface area contributed by atoms with Crippen molar-refractivity contribution in [3.63, 3.8) is 0 Å². The fourth-order valence-electron chi connectivity index (χ4n) is 2.61. The molecule has 0 N–H and O–H groups in total. The molecule has 1 aliphatic carbocycles. The zero-order chi connectivity index (χ0) is 16.4. The van der Waals surface area contributed by atoms with Crippen LogP contribution in [0, 0.1) is 19.8 Å². The number of aromatic nitrogens is 2. The summed E-state index contributed by atoms with van der Waals surface area (Å²) in [5.41, 5.74) is 2.77. The minimum atomic E-state index is -0.0258. The van der Waals surface area contributed by atoms with E-state index in [9.17, 15) is 4.79 Å². The van der Waals surface area contributed by atoms with E-state index < -0.39 is 0 Å². The fourth-order valence-corrected chi connectivity index (χ4v) is 2.61. The molecule has 1 aromatic heterocycles. The Morgan fingerprint density at radius 2 is 2.13 bits per heavy atom. The van der Waals surface area contributed by atoms with Crippen molar-refractivity contribution in [2.45, 2.75) is 33.4 Å². The van der Waals surface area contributed by atoms with Crippen molar-refractivity contribution in [3.8, 4) is 5.75 Å². The first-order valence-corrected chi connectivity index (χ1v) is 8.02. The molecule has 0 aliphatic heterocycles. The highest BCUT2D eigenvalue weighted by Crippen LogP contribution is 2.29. The fraction of sp³-hybridized carbons (Fsp3) is 0.444. The lowest BCUT2D eigenvalue weighted by atomic mass is 10.1. The van der Waals surface area contributed by atoms with Crippen molar-refractivity contribution >= 4 is 5.91 Å². The van der Waals surface area contributed by atoms with E-state index in [-0.39, 0.29) is 5.91 Å². The van der Waals surface area contributed by atoms with Crippen LogP contribution in [-0.4, -0.2) is 34.2 Å². The van der Waals surface area contributed by atoms with Crippen molar-refractivity contribution in [1.82, 2.24) is 14.7 Å². The van der Waals surface area contributed by atoms with Gasteiger partial charge in [0.1, 0.15) is 11.4 Å². The molecule has 23 heavy (non-hydrogen) atoms. The number of rotatable bonds is 6. The highest BCUT2D eigenvalue weighted by molar-refractivity contribution is 5.92. The van der Waals surface area contributed by atoms with Crippen LogP contribution in [0.4, 0.5) is 0 Å². The van der Waals surface area contributed by atoms with E-state index in [4.69, 9.17) is 4.74 Å². The molecule has 0 unspecified atom stereocenters. The molecule has 3 rings (SSSR count). The SMILES string of the molecule is Cc1ccc(OCn2ccc(C(=O)N(C)CC3CC3)n2)c(C)c1. The number of carbonyl (C=O) groups excluding carboxylic acids is 1. The smallest absolute Gasteiger partial charge is 0.274 e. The topological polar surface area (TPSA) is 47.4 Å². The number of ether oxygens (including phenoxy) is 1. The third-order valence-electron chi connectivity index (χ3n) is 4.12. The van der Waals surface area contributed by atoms with Crippen molar-refractivity contribution in [1.29, 1.82) is 0 Å². The van der Waals surface area contributed by atoms with Crippen LogP contribution in [0.15, 0.2) is 30.5 Å². The summed E-state index contributed by atoms with van der Waals surface area (Å²) in [5.74, 6) is 1.49. The van der Waals surface area contributed by atoms with E-state index in [0.717, 1.165) is 17.9 Å². The van der Waals surface area contributed by atoms with Crippen LogP contribution in [0.25, 0.3) is 0 Å². The Kier molecular flexibility index (Phi) is 4.37. The third-order valence-corrected chi connectivity index (χ3v) is 4.12. The van der Waals surface area contributed by atoms with Crippen LogP contribution in [0.2, 0.25) is 0 Å². The minimum Gasteiger partial charge on any atom is -0.471 e. The van der Waals surface area contributed by atoms with Gasteiger partial charge in [-0.05, 0) is 50.3 Å². The highest BCUT2D eigenvalue weighted by atomic mass is 16.5. The summed E-state index contributed by atoms with van der Waals surface area (Å²) in [7, 11) is 1.84. The maximum absolute atomic E-state index is 12.3. The zero-order valence-corrected chi connectivity index (χ0v) is 14.0. The van der Waals surface area contributed by atoms with Crippen molar-refractivity contribution in [2.75, 3.05) is 13.6 Å². The van der Waals surface area contributed by atoms with Crippen molar-refractivity contribution in [3.05, 3.63) is 47.3 Å². The lowest BCUT2D eigenvalue weighted by Gasteiger charge is -2.15. The molecule has 1 aromatic carbocycles. The quantitative estimate of drug-likeness (QED) is 0.823. The summed E-state index contributed by atoms with van der Waals surface area (Å²) in [6.07, 6.45) is 4.24. The molecular formula is C18H23N3O2. The maximum Gasteiger partial charge on any atom is 0.274 e. The summed E-state index contributed by atoms with van der Waals surface area (Å²) >= 11 is 0. The van der Waals surface area contributed by atoms with Crippen molar-refractivity contribution < 1.29 is 9.53 Å². The van der Waals surface area contributed by atoms with E-state index in [1.54, 1.807) is 21.8 Å². The van der Waals surface area contributed by atoms with Crippen LogP contribution in [0.1, 0.15) is 34.5 Å². The van der Waals surface area contributed by atoms with Gasteiger partial charge in [0.25, 0.3) is 5.91 Å². The molecule has 0 atom stereocenters. The Hall–Kier alpha value is -2.30. The second-order valence-electron chi connectivity index (χ2n) is 6.41. The van der Waals surface area contributed by atoms with Gasteiger partial charge in [-0.25, -0.2) is 4.68 Å². The van der Waals surface area contributed by atoms with Crippen molar-refractivity contribution in [2.24, 2.45) is 5.92 Å². The number of aryl methyl sites for hydroxylation is 2. The third kappa shape index (κ3) is 3.92. The van der Waals surface area contributed by atoms with Gasteiger partial charge in [-0.2, -0.15) is 5.10 Å². The first-order valence-electron chi connectivity index (χ1n) is 8.02. The van der Waals surface area contributed by atoms with Crippen LogP contribution in [-0.2, 0) is 6.73 Å². The molecule has 1 aliphatic rings. The van der Waals surface area contributed by atoms with Crippen LogP contribution in [0.3, 0.4) is 0 Å². The number of hydrogen-bond acceptors (Lipinski definition) is 3. The summed E-state index contributed by atoms with van der Waals surface area (Å²) in [6.45, 7) is 5.20. The van der Waals surface area contributed by atoms with Gasteiger partial charge in [0.15, 0.2) is 6.73 Å². The molecule has 1 amide bonds. The Morgan fingerprint density at radius 1 is 1.35 bits per heavy atom. The molecule has 5 nitrogen and oxygen atoms in total. The second kappa shape index (κ2) is 6.44. The summed E-state index contributed by atoms with van der Waals surface area (Å²) in [6, 6.07) is 7.81. The Morgan fingerprint density at radius 3 is 2.83 bits per heavy atom. The van der Waals surface area contributed by atoms with E-state index in [1.807, 2.05) is 26.1 Å². The molecule has 0 saturated heterocycles. The molecule has 1 heterocycles. The van der Waals surface area contributed by atoms with E-state index in [2.05, 4.69) is 18.1 Å². The Labute approximate surface area is 136 Å². The highest BCUT2D eigenvalue weighted by Gasteiger charge is 2.26. The van der Waals surface area contributed by atoms with E-state index in [0.29, 0.717) is 18.3 Å². The standard InChI is InChI=1S/C18H23N3O2/c1-13-4-7-17(14(2)10-13)23-12-21-9-8-16(19-21)18(22)20(3)11-15-5-6-15/h4,7-10,15H,5-6,11-12H2,1-3H3. The van der Waals surface area contributed by atoms with Gasteiger partial charge in [0, 0.05) is 19.8 Å². The Balaban J connectivity index is 1.59. The second-order valence-corrected chi connectivity index (χ2v) is 6.41. The molecule has 122 valence electrons. The normalized spacial score (nSPS) is 13.9. The van der Waals surface area contributed by atoms with E-state index in [1.165, 1.54) is 18.4 Å². The van der Waals surface area contributed by atoms with Crippen LogP contribution >= 0.6 is 0 Å². The predicted molar refractivity (Wildman–Crippen MR) is 88.5 cm³/mol. The van der Waals surface area contributed by atoms with Gasteiger partial charge >= 0.3 is 0 Å². The molecule has 0 bridgehead atoms. The number of carbonyl (C=O) groups is 1. The summed E-state index contributed by atoms with van der Waals surface area (Å²) < 4.78 is 7.43. The molecule has 1 saturated carbocycles. The largest absolute Gasteiger partial charge is 0.471 e. The molecular weight excluding hydrogens is 290 g/mol. The maximum atomic E-state index is 12.3. The van der Waals surface area contributed by atoms with Gasteiger partial charge in [-0.3, -0.25) is 4.79 Å². The zero-order valence-electron chi connectivity index (χ0n) is 14.0. The minimum absolute atomic E-state index is 0.0258. The predicted octanol–water partition coefficient (Wildman–Crippen LogP) is 3.02. The summed E-state index contributed by atoms with van der Waals surface area (Å²) in [5, 5.41) is 4.32. The number of nitrogens with zero attached hydrogens (tertiary/aromatic N) is 3. The molecule has 5 heteroatoms. The lowest BCUT2D eigenvalue weighted by Crippen LogP contribution is -2.29. The molecule has 1 fully saturated rings. The average molecular weight is 313 g/mol. The first kappa shape index (κ1) is 15.6. The molecule has 0 spiro atoms. The van der Waals surface area contributed by atoms with Gasteiger partial charge in [-0.1, -0.05) is 17.7 Å². The van der Waals surface area contributed by atoms with Crippen LogP contribution in [0.5, 0.6) is 5.75 Å². The monoisotopic (exact) mass is 313 g/mol. The first-order chi connectivity index (χ1) is 11.0. The number of benzene rings is 1. The molecule has 0 radical (unpaired) electrons. The molecule has 2 aromatic rings. The average Bonchev–Trinajstić information content (AvgIpc) is 3.20. The van der Waals surface area contributed by atoms with Crippen LogP contribution < -0.4 is 4.74 Å². The van der Waals surface area contributed by atoms with Gasteiger partial charge in [0.2, 0.25) is 0 Å². The van der Waals surface area contributed by atoms with Gasteiger partial charge in [0.05, 0.1) is 0 Å². The summed E-state index contributed by atoms with van der Waals surface area (Å²) in [4.78, 5) is 14.1. The van der Waals surface area contributed by atoms with Gasteiger partial charge in [-0.15, -0.1) is 0 Å². The van der Waals surface area contributed by atoms with E-state index >= 15 is 0 Å². The Bertz CT molecular complexity index is 704. The number of amides is 1. The van der Waals surface area contributed by atoms with Gasteiger partial charge < -0.3 is 9.64 Å².